The molecular formula is C31H28BrN3O2S. The van der Waals surface area contributed by atoms with E-state index in [1.165, 1.54) is 17.3 Å². The van der Waals surface area contributed by atoms with Crippen molar-refractivity contribution in [3.8, 4) is 11.4 Å². The number of rotatable bonds is 6. The normalized spacial score (nSPS) is 15.3. The summed E-state index contributed by atoms with van der Waals surface area (Å²) in [5.41, 5.74) is 8.47. The second-order valence-electron chi connectivity index (χ2n) is 9.27. The third kappa shape index (κ3) is 5.64. The molecule has 0 radical (unpaired) electrons. The largest absolute Gasteiger partial charge is 0.489 e. The molecule has 2 heterocycles. The molecule has 1 amide bonds. The number of amides is 1. The van der Waals surface area contributed by atoms with E-state index >= 15 is 0 Å². The van der Waals surface area contributed by atoms with Gasteiger partial charge in [0.2, 0.25) is 0 Å². The predicted molar refractivity (Wildman–Crippen MR) is 160 cm³/mol. The third-order valence-electron chi connectivity index (χ3n) is 6.62. The van der Waals surface area contributed by atoms with Crippen LogP contribution in [0.3, 0.4) is 0 Å². The number of nitrogens with one attached hydrogen (secondary N) is 1. The highest BCUT2D eigenvalue weighted by Crippen LogP contribution is 2.32. The van der Waals surface area contributed by atoms with Crippen LogP contribution in [0.15, 0.2) is 87.2 Å². The molecular weight excluding hydrogens is 558 g/mol. The number of benzene rings is 3. The highest BCUT2D eigenvalue weighted by molar-refractivity contribution is 9.10. The summed E-state index contributed by atoms with van der Waals surface area (Å²) in [6.07, 6.45) is 1.94. The molecule has 192 valence electrons. The first-order valence-electron chi connectivity index (χ1n) is 12.3. The van der Waals surface area contributed by atoms with E-state index < -0.39 is 0 Å². The van der Waals surface area contributed by atoms with Crippen molar-refractivity contribution in [1.29, 1.82) is 0 Å². The van der Waals surface area contributed by atoms with E-state index in [1.54, 1.807) is 0 Å². The monoisotopic (exact) mass is 585 g/mol. The Balaban J connectivity index is 1.33. The van der Waals surface area contributed by atoms with Gasteiger partial charge in [0, 0.05) is 21.5 Å². The number of aliphatic imine (C=N–C) groups is 1. The first-order chi connectivity index (χ1) is 18.3. The molecule has 4 aromatic rings. The Bertz CT molecular complexity index is 1570. The maximum atomic E-state index is 12.7. The molecule has 0 saturated carbocycles. The van der Waals surface area contributed by atoms with Gasteiger partial charge in [0.15, 0.2) is 5.17 Å². The van der Waals surface area contributed by atoms with E-state index in [0.717, 1.165) is 49.7 Å². The Labute approximate surface area is 235 Å². The molecule has 0 spiro atoms. The minimum Gasteiger partial charge on any atom is -0.489 e. The van der Waals surface area contributed by atoms with E-state index in [0.29, 0.717) is 16.7 Å². The maximum Gasteiger partial charge on any atom is 0.264 e. The van der Waals surface area contributed by atoms with Crippen molar-refractivity contribution in [1.82, 2.24) is 9.88 Å². The van der Waals surface area contributed by atoms with E-state index in [9.17, 15) is 4.79 Å². The van der Waals surface area contributed by atoms with Crippen LogP contribution in [0.2, 0.25) is 0 Å². The lowest BCUT2D eigenvalue weighted by Gasteiger charge is -2.11. The molecule has 5 rings (SSSR count). The van der Waals surface area contributed by atoms with Crippen molar-refractivity contribution in [2.75, 3.05) is 0 Å². The number of nitrogens with zero attached hydrogens (tertiary/aromatic N) is 2. The number of aryl methyl sites for hydroxylation is 2. The van der Waals surface area contributed by atoms with Crippen molar-refractivity contribution in [3.63, 3.8) is 0 Å². The van der Waals surface area contributed by atoms with Gasteiger partial charge in [0.1, 0.15) is 12.4 Å². The Hall–Kier alpha value is -3.55. The second-order valence-corrected chi connectivity index (χ2v) is 11.2. The standard InChI is InChI=1S/C31H28BrN3O2S/c1-19-6-5-7-28(21(19)3)33-31-34-30(36)29(38-31)17-24-16-20(2)35(22(24)4)26-12-14-27(15-13-26)37-18-23-8-10-25(32)11-9-23/h5-17H,18H2,1-4H3,(H,33,34,36)/b29-17-. The van der Waals surface area contributed by atoms with Crippen LogP contribution < -0.4 is 10.1 Å². The number of thioether (sulfide) groups is 1. The molecule has 1 saturated heterocycles. The zero-order chi connectivity index (χ0) is 26.8. The number of hydrogen-bond acceptors (Lipinski definition) is 4. The number of aromatic nitrogens is 1. The minimum atomic E-state index is -0.129. The number of hydrogen-bond donors (Lipinski definition) is 1. The number of carbonyl (C=O) groups excluding carboxylic acids is 1. The zero-order valence-electron chi connectivity index (χ0n) is 21.7. The highest BCUT2D eigenvalue weighted by atomic mass is 79.9. The lowest BCUT2D eigenvalue weighted by atomic mass is 10.1. The summed E-state index contributed by atoms with van der Waals surface area (Å²) >= 11 is 4.83. The summed E-state index contributed by atoms with van der Waals surface area (Å²) in [6, 6.07) is 24.3. The van der Waals surface area contributed by atoms with Gasteiger partial charge < -0.3 is 14.6 Å². The van der Waals surface area contributed by atoms with Crippen molar-refractivity contribution < 1.29 is 9.53 Å². The van der Waals surface area contributed by atoms with E-state index in [4.69, 9.17) is 4.74 Å². The summed E-state index contributed by atoms with van der Waals surface area (Å²) in [6.45, 7) is 8.76. The first-order valence-corrected chi connectivity index (χ1v) is 13.9. The fourth-order valence-electron chi connectivity index (χ4n) is 4.36. The van der Waals surface area contributed by atoms with Gasteiger partial charge in [0.25, 0.3) is 5.91 Å². The average Bonchev–Trinajstić information content (AvgIpc) is 3.39. The molecule has 7 heteroatoms. The van der Waals surface area contributed by atoms with Gasteiger partial charge in [-0.2, -0.15) is 0 Å². The van der Waals surface area contributed by atoms with E-state index in [-0.39, 0.29) is 5.91 Å². The van der Waals surface area contributed by atoms with Gasteiger partial charge in [-0.3, -0.25) is 4.79 Å². The van der Waals surface area contributed by atoms with Crippen molar-refractivity contribution in [3.05, 3.63) is 116 Å². The van der Waals surface area contributed by atoms with Gasteiger partial charge in [-0.15, -0.1) is 0 Å². The van der Waals surface area contributed by atoms with E-state index in [2.05, 4.69) is 75.8 Å². The van der Waals surface area contributed by atoms with Crippen LogP contribution >= 0.6 is 27.7 Å². The molecule has 1 N–H and O–H groups in total. The Morgan fingerprint density at radius 3 is 2.47 bits per heavy atom. The Morgan fingerprint density at radius 1 is 1.00 bits per heavy atom. The van der Waals surface area contributed by atoms with Crippen molar-refractivity contribution in [2.45, 2.75) is 34.3 Å². The summed E-state index contributed by atoms with van der Waals surface area (Å²) in [4.78, 5) is 18.0. The number of halogens is 1. The average molecular weight is 587 g/mol. The molecule has 0 atom stereocenters. The lowest BCUT2D eigenvalue weighted by molar-refractivity contribution is -0.115. The van der Waals surface area contributed by atoms with Crippen molar-refractivity contribution in [2.24, 2.45) is 4.99 Å². The van der Waals surface area contributed by atoms with Crippen molar-refractivity contribution >= 4 is 50.5 Å². The van der Waals surface area contributed by atoms with Gasteiger partial charge >= 0.3 is 0 Å². The quantitative estimate of drug-likeness (QED) is 0.234. The van der Waals surface area contributed by atoms with Gasteiger partial charge in [0.05, 0.1) is 10.6 Å². The van der Waals surface area contributed by atoms with Crippen LogP contribution in [-0.4, -0.2) is 15.6 Å². The van der Waals surface area contributed by atoms with Crippen LogP contribution in [0.25, 0.3) is 11.8 Å². The van der Waals surface area contributed by atoms with Crippen LogP contribution in [0, 0.1) is 27.7 Å². The first kappa shape index (κ1) is 26.1. The van der Waals surface area contributed by atoms with Crippen LogP contribution in [0.4, 0.5) is 5.69 Å². The van der Waals surface area contributed by atoms with Gasteiger partial charge in [-0.25, -0.2) is 4.99 Å². The Kier molecular flexibility index (Phi) is 7.58. The Morgan fingerprint density at radius 2 is 1.74 bits per heavy atom. The summed E-state index contributed by atoms with van der Waals surface area (Å²) in [5.74, 6) is 0.687. The summed E-state index contributed by atoms with van der Waals surface area (Å²) in [7, 11) is 0. The van der Waals surface area contributed by atoms with Gasteiger partial charge in [-0.05, 0) is 116 Å². The maximum absolute atomic E-state index is 12.7. The second kappa shape index (κ2) is 11.1. The number of amidine groups is 1. The summed E-state index contributed by atoms with van der Waals surface area (Å²) in [5, 5.41) is 3.51. The number of ether oxygens (including phenoxy) is 1. The highest BCUT2D eigenvalue weighted by Gasteiger charge is 2.25. The third-order valence-corrected chi connectivity index (χ3v) is 8.06. The zero-order valence-corrected chi connectivity index (χ0v) is 24.1. The summed E-state index contributed by atoms with van der Waals surface area (Å²) < 4.78 is 9.20. The molecule has 0 bridgehead atoms. The topological polar surface area (TPSA) is 55.6 Å². The minimum absolute atomic E-state index is 0.129. The molecule has 3 aromatic carbocycles. The SMILES string of the molecule is Cc1cccc(N=C2NC(=O)/C(=C/c3cc(C)n(-c4ccc(OCc5ccc(Br)cc5)cc4)c3C)S2)c1C. The molecule has 5 nitrogen and oxygen atoms in total. The van der Waals surface area contributed by atoms with Crippen LogP contribution in [0.1, 0.15) is 33.6 Å². The molecule has 1 fully saturated rings. The molecule has 1 aromatic heterocycles. The fourth-order valence-corrected chi connectivity index (χ4v) is 5.45. The van der Waals surface area contributed by atoms with E-state index in [1.807, 2.05) is 61.5 Å². The fraction of sp³-hybridized carbons (Fsp3) is 0.161. The van der Waals surface area contributed by atoms with Crippen LogP contribution in [0.5, 0.6) is 5.75 Å². The van der Waals surface area contributed by atoms with Crippen LogP contribution in [-0.2, 0) is 11.4 Å². The lowest BCUT2D eigenvalue weighted by Crippen LogP contribution is -2.19. The predicted octanol–water partition coefficient (Wildman–Crippen LogP) is 7.94. The van der Waals surface area contributed by atoms with Gasteiger partial charge in [-0.1, -0.05) is 40.2 Å². The molecule has 1 aliphatic heterocycles. The molecule has 1 aliphatic rings. The molecule has 0 aliphatic carbocycles. The molecule has 0 unspecified atom stereocenters. The smallest absolute Gasteiger partial charge is 0.264 e. The molecule has 38 heavy (non-hydrogen) atoms. The number of carbonyl (C=O) groups is 1.